The van der Waals surface area contributed by atoms with Crippen LogP contribution in [0.3, 0.4) is 0 Å². The Morgan fingerprint density at radius 3 is 2.62 bits per heavy atom. The van der Waals surface area contributed by atoms with Crippen molar-refractivity contribution in [2.24, 2.45) is 0 Å². The lowest BCUT2D eigenvalue weighted by Crippen LogP contribution is -2.18. The number of carbonyl (C=O) groups is 1. The minimum Gasteiger partial charge on any atom is -0.461 e. The lowest BCUT2D eigenvalue weighted by molar-refractivity contribution is -0.435. The van der Waals surface area contributed by atoms with Crippen LogP contribution >= 0.6 is 0 Å². The molecule has 0 N–H and O–H groups in total. The van der Waals surface area contributed by atoms with Gasteiger partial charge < -0.3 is 4.74 Å². The van der Waals surface area contributed by atoms with E-state index in [2.05, 4.69) is 4.98 Å². The van der Waals surface area contributed by atoms with Crippen molar-refractivity contribution in [3.05, 3.63) is 76.8 Å². The standard InChI is InChI=1S/C22H23FN3O3/c1-15(18-9-10-19(20(23)13-18)17-7-5-4-6-8-17)22(27)29-12-11-26-16(2)24-14-21(26)25(3)28/h4-10,13-15H,11-12H2,1-3H3/q+1/t15-/m0/s1. The second-order valence-electron chi connectivity index (χ2n) is 6.81. The van der Waals surface area contributed by atoms with Gasteiger partial charge in [-0.1, -0.05) is 47.4 Å². The average Bonchev–Trinajstić information content (AvgIpc) is 3.08. The van der Waals surface area contributed by atoms with Crippen molar-refractivity contribution < 1.29 is 18.7 Å². The minimum atomic E-state index is -0.611. The van der Waals surface area contributed by atoms with Crippen LogP contribution in [0.5, 0.6) is 0 Å². The fraction of sp³-hybridized carbons (Fsp3) is 0.273. The Morgan fingerprint density at radius 1 is 1.24 bits per heavy atom. The number of ether oxygens (including phenoxy) is 1. The van der Waals surface area contributed by atoms with Gasteiger partial charge in [0.05, 0.1) is 5.92 Å². The molecule has 1 atom stereocenters. The van der Waals surface area contributed by atoms with Crippen molar-refractivity contribution in [2.75, 3.05) is 13.7 Å². The molecule has 0 bridgehead atoms. The average molecular weight is 396 g/mol. The number of hydrogen-bond acceptors (Lipinski definition) is 4. The lowest BCUT2D eigenvalue weighted by Gasteiger charge is -2.13. The van der Waals surface area contributed by atoms with Gasteiger partial charge in [-0.15, -0.1) is 0 Å². The summed E-state index contributed by atoms with van der Waals surface area (Å²) in [4.78, 5) is 28.0. The first-order valence-electron chi connectivity index (χ1n) is 9.33. The van der Waals surface area contributed by atoms with Crippen molar-refractivity contribution in [2.45, 2.75) is 26.3 Å². The van der Waals surface area contributed by atoms with Gasteiger partial charge in [0.2, 0.25) is 0 Å². The summed E-state index contributed by atoms with van der Waals surface area (Å²) in [7, 11) is 1.38. The predicted octanol–water partition coefficient (Wildman–Crippen LogP) is 4.38. The summed E-state index contributed by atoms with van der Waals surface area (Å²) in [6.45, 7) is 3.85. The summed E-state index contributed by atoms with van der Waals surface area (Å²) in [5.41, 5.74) is 1.81. The number of aryl methyl sites for hydroxylation is 1. The third kappa shape index (κ3) is 4.56. The molecule has 0 amide bonds. The van der Waals surface area contributed by atoms with Gasteiger partial charge in [0.1, 0.15) is 32.2 Å². The van der Waals surface area contributed by atoms with Gasteiger partial charge in [-0.3, -0.25) is 4.79 Å². The Bertz CT molecular complexity index is 1030. The Labute approximate surface area is 168 Å². The van der Waals surface area contributed by atoms with E-state index in [1.807, 2.05) is 30.3 Å². The van der Waals surface area contributed by atoms with E-state index in [1.54, 1.807) is 30.5 Å². The van der Waals surface area contributed by atoms with Crippen LogP contribution in [0.1, 0.15) is 24.2 Å². The maximum Gasteiger partial charge on any atom is 0.340 e. The first-order valence-corrected chi connectivity index (χ1v) is 9.33. The molecule has 2 aromatic carbocycles. The van der Waals surface area contributed by atoms with Crippen molar-refractivity contribution in [3.8, 4) is 11.1 Å². The largest absolute Gasteiger partial charge is 0.461 e. The van der Waals surface area contributed by atoms with Gasteiger partial charge in [-0.05, 0) is 28.9 Å². The van der Waals surface area contributed by atoms with Gasteiger partial charge in [0.15, 0.2) is 5.82 Å². The number of rotatable bonds is 7. The SMILES string of the molecule is Cc1ncc([N+](C)=O)n1CCOC(=O)[C@@H](C)c1ccc(-c2ccccc2)c(F)c1. The number of imidazole rings is 1. The Balaban J connectivity index is 1.64. The summed E-state index contributed by atoms with van der Waals surface area (Å²) in [6, 6.07) is 14.0. The zero-order chi connectivity index (χ0) is 21.0. The fourth-order valence-electron chi connectivity index (χ4n) is 3.14. The third-order valence-electron chi connectivity index (χ3n) is 4.85. The first-order chi connectivity index (χ1) is 13.9. The smallest absolute Gasteiger partial charge is 0.340 e. The summed E-state index contributed by atoms with van der Waals surface area (Å²) in [5, 5.41) is 0. The molecule has 0 spiro atoms. The number of benzene rings is 2. The van der Waals surface area contributed by atoms with Crippen LogP contribution in [0.4, 0.5) is 10.2 Å². The molecule has 1 heterocycles. The summed E-state index contributed by atoms with van der Waals surface area (Å²) < 4.78 is 22.3. The highest BCUT2D eigenvalue weighted by atomic mass is 19.1. The van der Waals surface area contributed by atoms with Gasteiger partial charge >= 0.3 is 11.8 Å². The van der Waals surface area contributed by atoms with Gasteiger partial charge in [0, 0.05) is 12.5 Å². The molecule has 3 rings (SSSR count). The molecule has 0 aliphatic carbocycles. The highest BCUT2D eigenvalue weighted by Gasteiger charge is 2.21. The number of nitroso groups, excluding NO2 is 1. The Kier molecular flexibility index (Phi) is 6.16. The van der Waals surface area contributed by atoms with Crippen molar-refractivity contribution >= 4 is 11.8 Å². The van der Waals surface area contributed by atoms with Crippen LogP contribution in [0.25, 0.3) is 11.1 Å². The molecule has 3 aromatic rings. The van der Waals surface area contributed by atoms with Crippen LogP contribution in [-0.4, -0.2) is 33.9 Å². The van der Waals surface area contributed by atoms with Gasteiger partial charge in [-0.2, -0.15) is 0 Å². The molecule has 0 unspecified atom stereocenters. The van der Waals surface area contributed by atoms with Gasteiger partial charge in [-0.25, -0.2) is 13.9 Å². The Morgan fingerprint density at radius 2 is 1.97 bits per heavy atom. The number of halogens is 1. The fourth-order valence-corrected chi connectivity index (χ4v) is 3.14. The van der Waals surface area contributed by atoms with Crippen LogP contribution in [0.15, 0.2) is 54.7 Å². The van der Waals surface area contributed by atoms with E-state index in [1.165, 1.54) is 19.3 Å². The molecule has 29 heavy (non-hydrogen) atoms. The second kappa shape index (κ2) is 8.77. The van der Waals surface area contributed by atoms with Gasteiger partial charge in [0.25, 0.3) is 0 Å². The highest BCUT2D eigenvalue weighted by Crippen LogP contribution is 2.26. The molecule has 6 nitrogen and oxygen atoms in total. The minimum absolute atomic E-state index is 0.0891. The molecule has 0 saturated heterocycles. The Hall–Kier alpha value is -3.35. The predicted molar refractivity (Wildman–Crippen MR) is 107 cm³/mol. The van der Waals surface area contributed by atoms with E-state index in [-0.39, 0.29) is 12.4 Å². The monoisotopic (exact) mass is 396 g/mol. The maximum absolute atomic E-state index is 14.6. The molecular formula is C22H23FN3O3+. The number of nitrogens with zero attached hydrogens (tertiary/aromatic N) is 3. The molecule has 7 heteroatoms. The second-order valence-corrected chi connectivity index (χ2v) is 6.81. The van der Waals surface area contributed by atoms with E-state index in [4.69, 9.17) is 4.74 Å². The quantitative estimate of drug-likeness (QED) is 0.439. The molecule has 0 fully saturated rings. The van der Waals surface area contributed by atoms with Crippen molar-refractivity contribution in [1.29, 1.82) is 0 Å². The van der Waals surface area contributed by atoms with Crippen LogP contribution in [0.2, 0.25) is 0 Å². The number of esters is 1. The topological polar surface area (TPSA) is 64.2 Å². The zero-order valence-electron chi connectivity index (χ0n) is 16.6. The summed E-state index contributed by atoms with van der Waals surface area (Å²) >= 11 is 0. The number of carbonyl (C=O) groups excluding carboxylic acids is 1. The van der Waals surface area contributed by atoms with Crippen LogP contribution in [0, 0.1) is 17.6 Å². The number of aromatic nitrogens is 2. The lowest BCUT2D eigenvalue weighted by atomic mass is 9.97. The zero-order valence-corrected chi connectivity index (χ0v) is 16.6. The van der Waals surface area contributed by atoms with E-state index in [9.17, 15) is 14.1 Å². The molecule has 1 aromatic heterocycles. The molecule has 0 aliphatic rings. The van der Waals surface area contributed by atoms with Crippen molar-refractivity contribution in [1.82, 2.24) is 9.55 Å². The van der Waals surface area contributed by atoms with E-state index in [0.717, 1.165) is 5.56 Å². The summed E-state index contributed by atoms with van der Waals surface area (Å²) in [5.74, 6) is -0.396. The van der Waals surface area contributed by atoms with Crippen LogP contribution in [-0.2, 0) is 16.1 Å². The molecule has 150 valence electrons. The molecule has 0 radical (unpaired) electrons. The first kappa shape index (κ1) is 20.4. The number of hydrogen-bond donors (Lipinski definition) is 0. The van der Waals surface area contributed by atoms with Crippen molar-refractivity contribution in [3.63, 3.8) is 0 Å². The maximum atomic E-state index is 14.6. The summed E-state index contributed by atoms with van der Waals surface area (Å²) in [6.07, 6.45) is 1.48. The highest BCUT2D eigenvalue weighted by molar-refractivity contribution is 5.78. The third-order valence-corrected chi connectivity index (χ3v) is 4.85. The normalized spacial score (nSPS) is 11.9. The molecule has 0 saturated carbocycles. The van der Waals surface area contributed by atoms with Crippen LogP contribution < -0.4 is 0 Å². The molecule has 0 aliphatic heterocycles. The molecular weight excluding hydrogens is 373 g/mol. The van der Waals surface area contributed by atoms with E-state index < -0.39 is 11.9 Å². The van der Waals surface area contributed by atoms with E-state index >= 15 is 0 Å². The van der Waals surface area contributed by atoms with E-state index in [0.29, 0.717) is 34.1 Å².